The summed E-state index contributed by atoms with van der Waals surface area (Å²) in [6.07, 6.45) is -6.13. The molecule has 0 unspecified atom stereocenters. The van der Waals surface area contributed by atoms with Crippen LogP contribution in [0.15, 0.2) is 0 Å². The Kier molecular flexibility index (Phi) is 10.6. The van der Waals surface area contributed by atoms with Gasteiger partial charge in [-0.1, -0.05) is 0 Å². The summed E-state index contributed by atoms with van der Waals surface area (Å²) >= 11 is 1.13. The van der Waals surface area contributed by atoms with Crippen molar-refractivity contribution in [3.8, 4) is 0 Å². The van der Waals surface area contributed by atoms with Crippen molar-refractivity contribution < 1.29 is 61.9 Å². The first kappa shape index (κ1) is 31.1. The third-order valence-electron chi connectivity index (χ3n) is 6.34. The molecule has 1 amide bonds. The Bertz CT molecular complexity index is 947. The molecular weight excluding hydrogens is 542 g/mol. The molecule has 0 saturated carbocycles. The zero-order chi connectivity index (χ0) is 28.9. The van der Waals surface area contributed by atoms with Crippen LogP contribution in [0.25, 0.3) is 0 Å². The average Bonchev–Trinajstić information content (AvgIpc) is 3.28. The topological polar surface area (TPSA) is 171 Å². The molecule has 0 aromatic heterocycles. The van der Waals surface area contributed by atoms with E-state index < -0.39 is 70.9 Å². The average molecular weight is 578 g/mol. The lowest BCUT2D eigenvalue weighted by Crippen LogP contribution is -2.64. The van der Waals surface area contributed by atoms with Gasteiger partial charge in [-0.3, -0.25) is 24.0 Å². The number of esters is 4. The fourth-order valence-corrected chi connectivity index (χ4v) is 6.44. The molecule has 3 aliphatic rings. The lowest BCUT2D eigenvalue weighted by molar-refractivity contribution is -0.238. The number of nitrogens with one attached hydrogen (secondary N) is 1. The molecule has 3 fully saturated rings. The second kappa shape index (κ2) is 13.3. The molecule has 3 saturated heterocycles. The third kappa shape index (κ3) is 7.81. The molecule has 0 radical (unpaired) electrons. The summed E-state index contributed by atoms with van der Waals surface area (Å²) in [5.74, 6) is -3.09. The molecule has 3 aliphatic heterocycles. The molecule has 3 rings (SSSR count). The molecule has 9 atom stereocenters. The lowest BCUT2D eigenvalue weighted by atomic mass is 9.94. The quantitative estimate of drug-likeness (QED) is 0.268. The number of ether oxygens (including phenoxy) is 8. The molecule has 0 aromatic rings. The molecule has 0 aliphatic carbocycles. The number of hydrogen-bond acceptors (Lipinski definition) is 14. The van der Waals surface area contributed by atoms with Crippen LogP contribution in [0.2, 0.25) is 0 Å². The highest BCUT2D eigenvalue weighted by Gasteiger charge is 2.59. The van der Waals surface area contributed by atoms with Crippen LogP contribution in [0.4, 0.5) is 0 Å². The first-order chi connectivity index (χ1) is 18.3. The smallest absolute Gasteiger partial charge is 0.303 e. The van der Waals surface area contributed by atoms with Crippen LogP contribution in [-0.4, -0.2) is 110 Å². The predicted octanol–water partition coefficient (Wildman–Crippen LogP) is -0.162. The van der Waals surface area contributed by atoms with E-state index in [1.54, 1.807) is 0 Å². The minimum Gasteiger partial charge on any atom is -0.463 e. The Labute approximate surface area is 230 Å². The van der Waals surface area contributed by atoms with Crippen molar-refractivity contribution in [3.63, 3.8) is 0 Å². The Morgan fingerprint density at radius 3 is 2.05 bits per heavy atom. The SMILES string of the molecule is CO[C@H]1C[C@@](CNC(C)=O)(S[C@@H]2O[C@H](COC(C)=O)[C@@H](OC(C)=O)[C@H](OC(C)=O)[C@H]2OC(C)=O)[C@@H]2OC[C@H]1O2. The van der Waals surface area contributed by atoms with E-state index in [9.17, 15) is 24.0 Å². The number of methoxy groups -OCH3 is 1. The summed E-state index contributed by atoms with van der Waals surface area (Å²) in [5, 5.41) is 2.80. The van der Waals surface area contributed by atoms with E-state index in [0.717, 1.165) is 25.6 Å². The van der Waals surface area contributed by atoms with E-state index in [0.29, 0.717) is 6.42 Å². The summed E-state index contributed by atoms with van der Waals surface area (Å²) in [6, 6.07) is 0. The van der Waals surface area contributed by atoms with Crippen molar-refractivity contribution >= 4 is 41.5 Å². The summed E-state index contributed by atoms with van der Waals surface area (Å²) < 4.78 is 44.6. The maximum absolute atomic E-state index is 12.2. The number of carbonyl (C=O) groups is 5. The first-order valence-corrected chi connectivity index (χ1v) is 13.3. The minimum atomic E-state index is -1.32. The van der Waals surface area contributed by atoms with Crippen LogP contribution in [0, 0.1) is 0 Å². The molecule has 0 aromatic carbocycles. The van der Waals surface area contributed by atoms with Gasteiger partial charge in [-0.25, -0.2) is 0 Å². The van der Waals surface area contributed by atoms with Gasteiger partial charge in [-0.15, -0.1) is 11.8 Å². The predicted molar refractivity (Wildman–Crippen MR) is 131 cm³/mol. The Morgan fingerprint density at radius 1 is 0.872 bits per heavy atom. The summed E-state index contributed by atoms with van der Waals surface area (Å²) in [7, 11) is 1.54. The van der Waals surface area contributed by atoms with E-state index in [4.69, 9.17) is 37.9 Å². The van der Waals surface area contributed by atoms with E-state index in [1.807, 2.05) is 0 Å². The maximum atomic E-state index is 12.2. The molecule has 1 N–H and O–H groups in total. The van der Waals surface area contributed by atoms with Crippen molar-refractivity contribution in [3.05, 3.63) is 0 Å². The van der Waals surface area contributed by atoms with Gasteiger partial charge in [0.1, 0.15) is 24.3 Å². The zero-order valence-electron chi connectivity index (χ0n) is 22.7. The number of thioether (sulfide) groups is 1. The molecule has 14 nitrogen and oxygen atoms in total. The molecule has 15 heteroatoms. The van der Waals surface area contributed by atoms with E-state index >= 15 is 0 Å². The van der Waals surface area contributed by atoms with Crippen molar-refractivity contribution in [2.45, 2.75) is 94.1 Å². The summed E-state index contributed by atoms with van der Waals surface area (Å²) in [5.41, 5.74) is -1.08. The van der Waals surface area contributed by atoms with Crippen LogP contribution >= 0.6 is 11.8 Å². The van der Waals surface area contributed by atoms with Crippen molar-refractivity contribution in [1.82, 2.24) is 5.32 Å². The van der Waals surface area contributed by atoms with E-state index in [1.165, 1.54) is 27.9 Å². The standard InChI is InChI=1S/C24H35NO13S/c1-11(26)25-10-24(7-16(31-6)17-8-33-23(24)38-17)39-22-21(36-15(5)30)20(35-14(4)29)19(34-13(3)28)18(37-22)9-32-12(2)27/h16-23H,7-10H2,1-6H3,(H,25,26)/t16-,17+,18+,19+,20-,21+,22-,23+,24-/m0/s1. The first-order valence-electron chi connectivity index (χ1n) is 12.4. The van der Waals surface area contributed by atoms with Gasteiger partial charge in [0.15, 0.2) is 24.6 Å². The van der Waals surface area contributed by atoms with Crippen LogP contribution in [0.5, 0.6) is 0 Å². The fourth-order valence-electron chi connectivity index (χ4n) is 4.78. The Morgan fingerprint density at radius 2 is 1.49 bits per heavy atom. The van der Waals surface area contributed by atoms with Crippen LogP contribution in [0.3, 0.4) is 0 Å². The van der Waals surface area contributed by atoms with Crippen molar-refractivity contribution in [2.24, 2.45) is 0 Å². The van der Waals surface area contributed by atoms with Crippen molar-refractivity contribution in [1.29, 1.82) is 0 Å². The fraction of sp³-hybridized carbons (Fsp3) is 0.792. The van der Waals surface area contributed by atoms with E-state index in [2.05, 4.69) is 5.32 Å². The van der Waals surface area contributed by atoms with Gasteiger partial charge in [0, 0.05) is 48.3 Å². The number of amides is 1. The van der Waals surface area contributed by atoms with Crippen LogP contribution < -0.4 is 5.32 Å². The zero-order valence-corrected chi connectivity index (χ0v) is 23.5. The van der Waals surface area contributed by atoms with Gasteiger partial charge in [0.05, 0.1) is 17.5 Å². The number of hydrogen-bond donors (Lipinski definition) is 1. The van der Waals surface area contributed by atoms with Gasteiger partial charge in [0.25, 0.3) is 0 Å². The Hall–Kier alpha value is -2.46. The minimum absolute atomic E-state index is 0.0666. The highest BCUT2D eigenvalue weighted by molar-refractivity contribution is 8.01. The monoisotopic (exact) mass is 577 g/mol. The van der Waals surface area contributed by atoms with Crippen molar-refractivity contribution in [2.75, 3.05) is 26.9 Å². The van der Waals surface area contributed by atoms with Gasteiger partial charge >= 0.3 is 23.9 Å². The number of fused-ring (bicyclic) bond motifs is 2. The molecular formula is C24H35NO13S. The Balaban J connectivity index is 2.04. The largest absolute Gasteiger partial charge is 0.463 e. The normalized spacial score (nSPS) is 35.4. The molecule has 220 valence electrons. The number of rotatable bonds is 10. The molecule has 3 heterocycles. The highest BCUT2D eigenvalue weighted by Crippen LogP contribution is 2.49. The highest BCUT2D eigenvalue weighted by atomic mass is 32.2. The van der Waals surface area contributed by atoms with Gasteiger partial charge < -0.3 is 43.2 Å². The van der Waals surface area contributed by atoms with Gasteiger partial charge in [0.2, 0.25) is 5.91 Å². The summed E-state index contributed by atoms with van der Waals surface area (Å²) in [6.45, 7) is 6.01. The second-order valence-corrected chi connectivity index (χ2v) is 11.0. The van der Waals surface area contributed by atoms with Crippen LogP contribution in [-0.2, 0) is 61.9 Å². The third-order valence-corrected chi connectivity index (χ3v) is 7.92. The molecule has 2 bridgehead atoms. The maximum Gasteiger partial charge on any atom is 0.303 e. The van der Waals surface area contributed by atoms with Gasteiger partial charge in [-0.05, 0) is 6.42 Å². The lowest BCUT2D eigenvalue weighted by Gasteiger charge is -2.49. The molecule has 0 spiro atoms. The van der Waals surface area contributed by atoms with Crippen LogP contribution in [0.1, 0.15) is 41.0 Å². The van der Waals surface area contributed by atoms with Gasteiger partial charge in [-0.2, -0.15) is 0 Å². The number of carbonyl (C=O) groups excluding carboxylic acids is 5. The molecule has 39 heavy (non-hydrogen) atoms. The second-order valence-electron chi connectivity index (χ2n) is 9.48. The van der Waals surface area contributed by atoms with E-state index in [-0.39, 0.29) is 31.8 Å². The summed E-state index contributed by atoms with van der Waals surface area (Å²) in [4.78, 5) is 59.8.